The summed E-state index contributed by atoms with van der Waals surface area (Å²) in [6.07, 6.45) is 0.556. The van der Waals surface area contributed by atoms with Gasteiger partial charge in [-0.25, -0.2) is 0 Å². The van der Waals surface area contributed by atoms with Gasteiger partial charge in [-0.2, -0.15) is 0 Å². The van der Waals surface area contributed by atoms with E-state index < -0.39 is 6.10 Å². The van der Waals surface area contributed by atoms with Crippen molar-refractivity contribution >= 4 is 11.6 Å². The van der Waals surface area contributed by atoms with Gasteiger partial charge in [0.2, 0.25) is 0 Å². The number of benzene rings is 1. The summed E-state index contributed by atoms with van der Waals surface area (Å²) in [5.74, 6) is 0.729. The van der Waals surface area contributed by atoms with Crippen LogP contribution in [0.5, 0.6) is 5.75 Å². The molecule has 3 nitrogen and oxygen atoms in total. The van der Waals surface area contributed by atoms with E-state index >= 15 is 0 Å². The van der Waals surface area contributed by atoms with E-state index in [9.17, 15) is 5.11 Å². The number of aliphatic hydroxyl groups is 1. The number of nitrogens with one attached hydrogen (secondary N) is 1. The number of rotatable bonds is 7. The lowest BCUT2D eigenvalue weighted by atomic mass is 10.2. The Morgan fingerprint density at radius 3 is 2.94 bits per heavy atom. The zero-order valence-corrected chi connectivity index (χ0v) is 11.1. The molecule has 0 fully saturated rings. The maximum Gasteiger partial charge on any atom is 0.123 e. The molecule has 0 saturated heterocycles. The van der Waals surface area contributed by atoms with Gasteiger partial charge in [-0.1, -0.05) is 24.6 Å². The van der Waals surface area contributed by atoms with E-state index in [0.29, 0.717) is 11.6 Å². The summed E-state index contributed by atoms with van der Waals surface area (Å²) in [6, 6.07) is 5.49. The molecule has 0 heterocycles. The highest BCUT2D eigenvalue weighted by Gasteiger charge is 2.06. The highest BCUT2D eigenvalue weighted by Crippen LogP contribution is 2.22. The van der Waals surface area contributed by atoms with Crippen LogP contribution in [-0.4, -0.2) is 30.9 Å². The second-order valence-corrected chi connectivity index (χ2v) is 4.52. The van der Waals surface area contributed by atoms with Crippen LogP contribution in [0.1, 0.15) is 18.9 Å². The van der Waals surface area contributed by atoms with Gasteiger partial charge in [-0.05, 0) is 37.6 Å². The van der Waals surface area contributed by atoms with Gasteiger partial charge in [0.05, 0.1) is 0 Å². The molecule has 1 rings (SSSR count). The molecule has 0 radical (unpaired) electrons. The minimum atomic E-state index is -0.500. The van der Waals surface area contributed by atoms with Crippen LogP contribution in [-0.2, 0) is 0 Å². The number of ether oxygens (including phenoxy) is 1. The average Bonchev–Trinajstić information content (AvgIpc) is 2.31. The van der Waals surface area contributed by atoms with Crippen LogP contribution in [0, 0.1) is 6.92 Å². The standard InChI is InChI=1S/C13H20ClNO2/c1-3-6-15-8-12(16)9-17-13-7-11(14)5-4-10(13)2/h4-5,7,12,15-16H,3,6,8-9H2,1-2H3. The molecular weight excluding hydrogens is 238 g/mol. The summed E-state index contributed by atoms with van der Waals surface area (Å²) in [6.45, 7) is 5.77. The molecule has 0 aliphatic carbocycles. The average molecular weight is 258 g/mol. The second-order valence-electron chi connectivity index (χ2n) is 4.08. The van der Waals surface area contributed by atoms with Gasteiger partial charge < -0.3 is 15.2 Å². The molecule has 0 aromatic heterocycles. The van der Waals surface area contributed by atoms with E-state index in [4.69, 9.17) is 16.3 Å². The van der Waals surface area contributed by atoms with E-state index in [1.54, 1.807) is 6.07 Å². The van der Waals surface area contributed by atoms with Gasteiger partial charge in [0, 0.05) is 11.6 Å². The van der Waals surface area contributed by atoms with Crippen molar-refractivity contribution in [2.75, 3.05) is 19.7 Å². The Hall–Kier alpha value is -0.770. The Morgan fingerprint density at radius 1 is 1.47 bits per heavy atom. The molecule has 0 aliphatic heterocycles. The Bertz CT molecular complexity index is 344. The predicted molar refractivity (Wildman–Crippen MR) is 70.9 cm³/mol. The molecular formula is C13H20ClNO2. The molecule has 17 heavy (non-hydrogen) atoms. The topological polar surface area (TPSA) is 41.5 Å². The van der Waals surface area contributed by atoms with E-state index in [2.05, 4.69) is 12.2 Å². The minimum Gasteiger partial charge on any atom is -0.491 e. The van der Waals surface area contributed by atoms with Crippen molar-refractivity contribution in [1.29, 1.82) is 0 Å². The normalized spacial score (nSPS) is 12.5. The third-order valence-electron chi connectivity index (χ3n) is 2.39. The third-order valence-corrected chi connectivity index (χ3v) is 2.62. The van der Waals surface area contributed by atoms with E-state index in [1.807, 2.05) is 19.1 Å². The fraction of sp³-hybridized carbons (Fsp3) is 0.538. The number of aliphatic hydroxyl groups excluding tert-OH is 1. The van der Waals surface area contributed by atoms with Crippen LogP contribution >= 0.6 is 11.6 Å². The largest absolute Gasteiger partial charge is 0.491 e. The number of halogens is 1. The fourth-order valence-corrected chi connectivity index (χ4v) is 1.58. The van der Waals surface area contributed by atoms with Crippen LogP contribution in [0.4, 0.5) is 0 Å². The Kier molecular flexibility index (Phi) is 6.34. The van der Waals surface area contributed by atoms with Crippen LogP contribution in [0.2, 0.25) is 5.02 Å². The first-order valence-electron chi connectivity index (χ1n) is 5.91. The smallest absolute Gasteiger partial charge is 0.123 e. The SMILES string of the molecule is CCCNCC(O)COc1cc(Cl)ccc1C. The highest BCUT2D eigenvalue weighted by molar-refractivity contribution is 6.30. The van der Waals surface area contributed by atoms with Crippen molar-refractivity contribution < 1.29 is 9.84 Å². The summed E-state index contributed by atoms with van der Waals surface area (Å²) in [5.41, 5.74) is 1.02. The number of hydrogen-bond donors (Lipinski definition) is 2. The summed E-state index contributed by atoms with van der Waals surface area (Å²) in [7, 11) is 0. The molecule has 2 N–H and O–H groups in total. The van der Waals surface area contributed by atoms with Crippen molar-refractivity contribution in [1.82, 2.24) is 5.32 Å². The van der Waals surface area contributed by atoms with Gasteiger partial charge in [0.25, 0.3) is 0 Å². The first-order chi connectivity index (χ1) is 8.13. The molecule has 0 saturated carbocycles. The molecule has 1 aromatic rings. The van der Waals surface area contributed by atoms with Gasteiger partial charge in [-0.3, -0.25) is 0 Å². The molecule has 1 unspecified atom stereocenters. The van der Waals surface area contributed by atoms with Crippen LogP contribution in [0.25, 0.3) is 0 Å². The molecule has 96 valence electrons. The van der Waals surface area contributed by atoms with Crippen molar-refractivity contribution in [2.24, 2.45) is 0 Å². The summed E-state index contributed by atoms with van der Waals surface area (Å²) < 4.78 is 5.54. The molecule has 0 bridgehead atoms. The maximum absolute atomic E-state index is 9.68. The van der Waals surface area contributed by atoms with Gasteiger partial charge in [-0.15, -0.1) is 0 Å². The molecule has 1 atom stereocenters. The lowest BCUT2D eigenvalue weighted by molar-refractivity contribution is 0.106. The maximum atomic E-state index is 9.68. The highest BCUT2D eigenvalue weighted by atomic mass is 35.5. The van der Waals surface area contributed by atoms with Gasteiger partial charge in [0.15, 0.2) is 0 Å². The monoisotopic (exact) mass is 257 g/mol. The summed E-state index contributed by atoms with van der Waals surface area (Å²) in [5, 5.41) is 13.5. The zero-order valence-electron chi connectivity index (χ0n) is 10.4. The van der Waals surface area contributed by atoms with Crippen molar-refractivity contribution in [2.45, 2.75) is 26.4 Å². The lowest BCUT2D eigenvalue weighted by Gasteiger charge is -2.14. The second kappa shape index (κ2) is 7.54. The number of hydrogen-bond acceptors (Lipinski definition) is 3. The van der Waals surface area contributed by atoms with E-state index in [1.165, 1.54) is 0 Å². The Labute approximate surface area is 108 Å². The molecule has 1 aromatic carbocycles. The quantitative estimate of drug-likeness (QED) is 0.737. The van der Waals surface area contributed by atoms with Crippen molar-refractivity contribution in [3.8, 4) is 5.75 Å². The predicted octanol–water partition coefficient (Wildman–Crippen LogP) is 2.39. The summed E-state index contributed by atoms with van der Waals surface area (Å²) >= 11 is 5.88. The first kappa shape index (κ1) is 14.3. The van der Waals surface area contributed by atoms with Crippen LogP contribution < -0.4 is 10.1 Å². The molecule has 4 heteroatoms. The van der Waals surface area contributed by atoms with Gasteiger partial charge in [0.1, 0.15) is 18.5 Å². The minimum absolute atomic E-state index is 0.276. The lowest BCUT2D eigenvalue weighted by Crippen LogP contribution is -2.31. The van der Waals surface area contributed by atoms with E-state index in [0.717, 1.165) is 24.3 Å². The fourth-order valence-electron chi connectivity index (χ4n) is 1.42. The molecule has 0 spiro atoms. The van der Waals surface area contributed by atoms with Crippen LogP contribution in [0.15, 0.2) is 18.2 Å². The van der Waals surface area contributed by atoms with Gasteiger partial charge >= 0.3 is 0 Å². The van der Waals surface area contributed by atoms with Crippen molar-refractivity contribution in [3.05, 3.63) is 28.8 Å². The molecule has 0 amide bonds. The Morgan fingerprint density at radius 2 is 2.24 bits per heavy atom. The first-order valence-corrected chi connectivity index (χ1v) is 6.29. The zero-order chi connectivity index (χ0) is 12.7. The number of aryl methyl sites for hydroxylation is 1. The van der Waals surface area contributed by atoms with E-state index in [-0.39, 0.29) is 6.61 Å². The molecule has 0 aliphatic rings. The third kappa shape index (κ3) is 5.39. The Balaban J connectivity index is 2.36. The van der Waals surface area contributed by atoms with Crippen LogP contribution in [0.3, 0.4) is 0 Å². The van der Waals surface area contributed by atoms with Crippen molar-refractivity contribution in [3.63, 3.8) is 0 Å². The summed E-state index contributed by atoms with van der Waals surface area (Å²) in [4.78, 5) is 0.